The average Bonchev–Trinajstić information content (AvgIpc) is 2.70. The zero-order valence-corrected chi connectivity index (χ0v) is 5.95. The summed E-state index contributed by atoms with van der Waals surface area (Å²) in [6.07, 6.45) is 4.66. The van der Waals surface area contributed by atoms with Gasteiger partial charge in [-0.2, -0.15) is 5.10 Å². The van der Waals surface area contributed by atoms with E-state index in [9.17, 15) is 0 Å². The van der Waals surface area contributed by atoms with Crippen LogP contribution in [0.4, 0.5) is 0 Å². The molecule has 1 radical (unpaired) electrons. The van der Waals surface area contributed by atoms with Gasteiger partial charge in [-0.3, -0.25) is 4.68 Å². The lowest BCUT2D eigenvalue weighted by Crippen LogP contribution is -1.94. The first-order valence-corrected chi connectivity index (χ1v) is 3.73. The minimum atomic E-state index is 0.743. The van der Waals surface area contributed by atoms with Gasteiger partial charge in [0.05, 0.1) is 5.69 Å². The van der Waals surface area contributed by atoms with Crippen LogP contribution in [0.5, 0.6) is 0 Å². The Labute approximate surface area is 60.9 Å². The Balaban J connectivity index is 2.19. The molecule has 1 aromatic rings. The molecule has 2 heteroatoms. The van der Waals surface area contributed by atoms with Gasteiger partial charge in [0.1, 0.15) is 0 Å². The number of hydrogen-bond acceptors (Lipinski definition) is 1. The third-order valence-electron chi connectivity index (χ3n) is 1.89. The Hall–Kier alpha value is -0.790. The summed E-state index contributed by atoms with van der Waals surface area (Å²) in [5.74, 6) is 0.771. The standard InChI is InChI=1S/C8H11N2/c1-2-10-6-5-8(9-10)7-3-4-7/h5-7H,1-4H2. The van der Waals surface area contributed by atoms with Crippen LogP contribution in [0.1, 0.15) is 24.5 Å². The topological polar surface area (TPSA) is 17.8 Å². The SMILES string of the molecule is [CH2]Cn1ccc(C2CC2)n1. The van der Waals surface area contributed by atoms with Crippen molar-refractivity contribution >= 4 is 0 Å². The van der Waals surface area contributed by atoms with E-state index in [0.717, 1.165) is 12.5 Å². The van der Waals surface area contributed by atoms with E-state index in [4.69, 9.17) is 0 Å². The van der Waals surface area contributed by atoms with Gasteiger partial charge in [-0.25, -0.2) is 0 Å². The molecule has 1 aliphatic carbocycles. The third-order valence-corrected chi connectivity index (χ3v) is 1.89. The van der Waals surface area contributed by atoms with Crippen LogP contribution in [0.15, 0.2) is 12.3 Å². The fourth-order valence-corrected chi connectivity index (χ4v) is 1.10. The summed E-state index contributed by atoms with van der Waals surface area (Å²) in [4.78, 5) is 0. The van der Waals surface area contributed by atoms with E-state index in [0.29, 0.717) is 0 Å². The van der Waals surface area contributed by atoms with E-state index in [1.165, 1.54) is 18.5 Å². The van der Waals surface area contributed by atoms with Crippen LogP contribution < -0.4 is 0 Å². The van der Waals surface area contributed by atoms with Crippen molar-refractivity contribution in [3.05, 3.63) is 24.9 Å². The molecule has 0 atom stereocenters. The molecule has 0 aliphatic heterocycles. The summed E-state index contributed by atoms with van der Waals surface area (Å²) in [5.41, 5.74) is 1.25. The molecule has 10 heavy (non-hydrogen) atoms. The first-order valence-electron chi connectivity index (χ1n) is 3.73. The van der Waals surface area contributed by atoms with Gasteiger partial charge in [0.15, 0.2) is 0 Å². The number of aromatic nitrogens is 2. The van der Waals surface area contributed by atoms with Gasteiger partial charge in [-0.05, 0) is 25.8 Å². The Morgan fingerprint density at radius 3 is 3.00 bits per heavy atom. The lowest BCUT2D eigenvalue weighted by molar-refractivity contribution is 0.683. The minimum Gasteiger partial charge on any atom is -0.272 e. The molecule has 1 saturated carbocycles. The van der Waals surface area contributed by atoms with Crippen LogP contribution in [-0.4, -0.2) is 9.78 Å². The van der Waals surface area contributed by atoms with E-state index in [1.807, 2.05) is 10.9 Å². The van der Waals surface area contributed by atoms with Crippen molar-refractivity contribution in [3.63, 3.8) is 0 Å². The Morgan fingerprint density at radius 1 is 1.70 bits per heavy atom. The molecule has 0 unspecified atom stereocenters. The van der Waals surface area contributed by atoms with Crippen LogP contribution in [0, 0.1) is 6.92 Å². The second-order valence-corrected chi connectivity index (χ2v) is 2.78. The Kier molecular flexibility index (Phi) is 1.26. The Morgan fingerprint density at radius 2 is 2.50 bits per heavy atom. The fourth-order valence-electron chi connectivity index (χ4n) is 1.10. The molecule has 0 aromatic carbocycles. The first-order chi connectivity index (χ1) is 4.90. The summed E-state index contributed by atoms with van der Waals surface area (Å²) in [7, 11) is 0. The maximum Gasteiger partial charge on any atom is 0.0655 e. The summed E-state index contributed by atoms with van der Waals surface area (Å²) in [6.45, 7) is 4.49. The number of hydrogen-bond donors (Lipinski definition) is 0. The lowest BCUT2D eigenvalue weighted by atomic mass is 10.3. The summed E-state index contributed by atoms with van der Waals surface area (Å²) >= 11 is 0. The van der Waals surface area contributed by atoms with E-state index >= 15 is 0 Å². The van der Waals surface area contributed by atoms with Crippen molar-refractivity contribution < 1.29 is 0 Å². The van der Waals surface area contributed by atoms with Gasteiger partial charge in [-0.1, -0.05) is 0 Å². The maximum absolute atomic E-state index is 4.34. The van der Waals surface area contributed by atoms with E-state index in [1.54, 1.807) is 0 Å². The molecule has 2 nitrogen and oxygen atoms in total. The van der Waals surface area contributed by atoms with Gasteiger partial charge in [0.25, 0.3) is 0 Å². The predicted octanol–water partition coefficient (Wildman–Crippen LogP) is 1.59. The normalized spacial score (nSPS) is 17.7. The van der Waals surface area contributed by atoms with E-state index in [2.05, 4.69) is 18.1 Å². The van der Waals surface area contributed by atoms with Crippen LogP contribution in [0.2, 0.25) is 0 Å². The zero-order valence-electron chi connectivity index (χ0n) is 5.95. The summed E-state index contributed by atoms with van der Waals surface area (Å²) in [5, 5.41) is 4.34. The van der Waals surface area contributed by atoms with Crippen molar-refractivity contribution in [3.8, 4) is 0 Å². The number of rotatable bonds is 2. The molecule has 0 bridgehead atoms. The van der Waals surface area contributed by atoms with Crippen LogP contribution in [0.3, 0.4) is 0 Å². The molecule has 1 fully saturated rings. The zero-order chi connectivity index (χ0) is 6.97. The van der Waals surface area contributed by atoms with Crippen LogP contribution in [0.25, 0.3) is 0 Å². The fraction of sp³-hybridized carbons (Fsp3) is 0.500. The van der Waals surface area contributed by atoms with E-state index in [-0.39, 0.29) is 0 Å². The van der Waals surface area contributed by atoms with Gasteiger partial charge in [0.2, 0.25) is 0 Å². The van der Waals surface area contributed by atoms with Gasteiger partial charge < -0.3 is 0 Å². The van der Waals surface area contributed by atoms with Gasteiger partial charge >= 0.3 is 0 Å². The van der Waals surface area contributed by atoms with E-state index < -0.39 is 0 Å². The summed E-state index contributed by atoms with van der Waals surface area (Å²) in [6, 6.07) is 2.10. The highest BCUT2D eigenvalue weighted by Crippen LogP contribution is 2.38. The molecule has 1 aliphatic rings. The highest BCUT2D eigenvalue weighted by atomic mass is 15.3. The molecule has 0 N–H and O–H groups in total. The molecule has 1 aromatic heterocycles. The van der Waals surface area contributed by atoms with Crippen molar-refractivity contribution in [1.29, 1.82) is 0 Å². The van der Waals surface area contributed by atoms with Crippen molar-refractivity contribution in [1.82, 2.24) is 9.78 Å². The second kappa shape index (κ2) is 2.11. The predicted molar refractivity (Wildman–Crippen MR) is 39.6 cm³/mol. The average molecular weight is 135 g/mol. The molecule has 0 amide bonds. The lowest BCUT2D eigenvalue weighted by Gasteiger charge is -1.91. The van der Waals surface area contributed by atoms with Crippen molar-refractivity contribution in [2.75, 3.05) is 0 Å². The second-order valence-electron chi connectivity index (χ2n) is 2.78. The minimum absolute atomic E-state index is 0.743. The first kappa shape index (κ1) is 5.96. The number of nitrogens with zero attached hydrogens (tertiary/aromatic N) is 2. The quantitative estimate of drug-likeness (QED) is 0.602. The molecule has 53 valence electrons. The monoisotopic (exact) mass is 135 g/mol. The van der Waals surface area contributed by atoms with Crippen molar-refractivity contribution in [2.24, 2.45) is 0 Å². The van der Waals surface area contributed by atoms with Crippen LogP contribution >= 0.6 is 0 Å². The molecule has 2 rings (SSSR count). The highest BCUT2D eigenvalue weighted by molar-refractivity contribution is 5.12. The maximum atomic E-state index is 4.34. The molecular weight excluding hydrogens is 124 g/mol. The largest absolute Gasteiger partial charge is 0.272 e. The smallest absolute Gasteiger partial charge is 0.0655 e. The highest BCUT2D eigenvalue weighted by Gasteiger charge is 2.25. The summed E-state index contributed by atoms with van der Waals surface area (Å²) < 4.78 is 1.88. The van der Waals surface area contributed by atoms with Crippen molar-refractivity contribution in [2.45, 2.75) is 25.3 Å². The molecular formula is C8H11N2. The molecule has 0 spiro atoms. The molecule has 0 saturated heterocycles. The Bertz CT molecular complexity index is 223. The van der Waals surface area contributed by atoms with Gasteiger partial charge in [-0.15, -0.1) is 0 Å². The third kappa shape index (κ3) is 0.939. The van der Waals surface area contributed by atoms with Gasteiger partial charge in [0, 0.05) is 18.7 Å². The van der Waals surface area contributed by atoms with Crippen LogP contribution in [-0.2, 0) is 6.54 Å². The molecule has 1 heterocycles.